The number of benzene rings is 1. The van der Waals surface area contributed by atoms with Crippen LogP contribution in [0.15, 0.2) is 28.5 Å². The Kier molecular flexibility index (Phi) is 6.80. The number of hydrogen-bond acceptors (Lipinski definition) is 5. The zero-order chi connectivity index (χ0) is 18.4. The second-order valence-corrected chi connectivity index (χ2v) is 8.38. The largest absolute Gasteiger partial charge is 0.356 e. The predicted octanol–water partition coefficient (Wildman–Crippen LogP) is 3.36. The van der Waals surface area contributed by atoms with Crippen molar-refractivity contribution in [3.8, 4) is 0 Å². The molecule has 0 radical (unpaired) electrons. The molecule has 1 heterocycles. The lowest BCUT2D eigenvalue weighted by atomic mass is 10.2. The summed E-state index contributed by atoms with van der Waals surface area (Å²) in [5.41, 5.74) is 1.22. The third kappa shape index (κ3) is 5.42. The number of nitrogens with one attached hydrogen (secondary N) is 2. The van der Waals surface area contributed by atoms with Gasteiger partial charge in [0.05, 0.1) is 10.6 Å². The molecular weight excluding hydrogens is 382 g/mol. The van der Waals surface area contributed by atoms with Crippen molar-refractivity contribution in [2.24, 2.45) is 0 Å². The Morgan fingerprint density at radius 3 is 2.84 bits per heavy atom. The topological polar surface area (TPSA) is 88.2 Å². The molecule has 1 aromatic heterocycles. The first-order chi connectivity index (χ1) is 11.8. The van der Waals surface area contributed by atoms with E-state index in [2.05, 4.69) is 15.0 Å². The van der Waals surface area contributed by atoms with E-state index in [1.807, 2.05) is 6.92 Å². The van der Waals surface area contributed by atoms with Crippen molar-refractivity contribution in [3.05, 3.63) is 39.9 Å². The molecule has 0 aliphatic rings. The predicted molar refractivity (Wildman–Crippen MR) is 101 cm³/mol. The van der Waals surface area contributed by atoms with Crippen molar-refractivity contribution in [1.82, 2.24) is 10.3 Å². The molecular formula is C16H20ClN3O3S2. The van der Waals surface area contributed by atoms with E-state index >= 15 is 0 Å². The highest BCUT2D eigenvalue weighted by Crippen LogP contribution is 2.26. The highest BCUT2D eigenvalue weighted by Gasteiger charge is 2.19. The molecule has 0 spiro atoms. The summed E-state index contributed by atoms with van der Waals surface area (Å²) in [6.45, 7) is 4.07. The molecule has 0 saturated carbocycles. The molecule has 1 aromatic carbocycles. The summed E-state index contributed by atoms with van der Waals surface area (Å²) in [5.74, 6) is 0.00934. The minimum Gasteiger partial charge on any atom is -0.356 e. The Bertz CT molecular complexity index is 850. The van der Waals surface area contributed by atoms with Crippen LogP contribution in [0.3, 0.4) is 0 Å². The highest BCUT2D eigenvalue weighted by molar-refractivity contribution is 7.93. The van der Waals surface area contributed by atoms with Crippen LogP contribution in [-0.4, -0.2) is 25.9 Å². The summed E-state index contributed by atoms with van der Waals surface area (Å²) in [7, 11) is -3.75. The van der Waals surface area contributed by atoms with E-state index in [1.54, 1.807) is 24.4 Å². The van der Waals surface area contributed by atoms with Crippen LogP contribution in [0, 0.1) is 6.92 Å². The molecule has 9 heteroatoms. The van der Waals surface area contributed by atoms with E-state index in [-0.39, 0.29) is 15.9 Å². The Balaban J connectivity index is 2.00. The summed E-state index contributed by atoms with van der Waals surface area (Å²) in [6, 6.07) is 4.74. The number of hydrogen-bond donors (Lipinski definition) is 2. The summed E-state index contributed by atoms with van der Waals surface area (Å²) in [6.07, 6.45) is 1.85. The lowest BCUT2D eigenvalue weighted by molar-refractivity contribution is -0.121. The number of aromatic nitrogens is 1. The van der Waals surface area contributed by atoms with Crippen LogP contribution in [0.4, 0.5) is 5.13 Å². The molecule has 25 heavy (non-hydrogen) atoms. The lowest BCUT2D eigenvalue weighted by Gasteiger charge is -2.09. The van der Waals surface area contributed by atoms with Gasteiger partial charge in [-0.25, -0.2) is 13.4 Å². The summed E-state index contributed by atoms with van der Waals surface area (Å²) >= 11 is 7.20. The van der Waals surface area contributed by atoms with Crippen LogP contribution < -0.4 is 10.0 Å². The minimum absolute atomic E-state index is 0.00934. The van der Waals surface area contributed by atoms with E-state index in [0.717, 1.165) is 12.1 Å². The fraction of sp³-hybridized carbons (Fsp3) is 0.375. The number of halogens is 1. The number of sulfonamides is 1. The van der Waals surface area contributed by atoms with Gasteiger partial charge >= 0.3 is 0 Å². The first kappa shape index (κ1) is 19.7. The van der Waals surface area contributed by atoms with E-state index in [9.17, 15) is 13.2 Å². The summed E-state index contributed by atoms with van der Waals surface area (Å²) in [4.78, 5) is 15.8. The van der Waals surface area contributed by atoms with E-state index in [4.69, 9.17) is 11.6 Å². The number of carbonyl (C=O) groups is 1. The molecule has 0 aliphatic carbocycles. The first-order valence-electron chi connectivity index (χ1n) is 7.82. The van der Waals surface area contributed by atoms with Gasteiger partial charge in [0.15, 0.2) is 5.13 Å². The van der Waals surface area contributed by atoms with Gasteiger partial charge in [0, 0.05) is 29.8 Å². The van der Waals surface area contributed by atoms with Gasteiger partial charge in [0.25, 0.3) is 10.0 Å². The fourth-order valence-electron chi connectivity index (χ4n) is 2.16. The maximum atomic E-state index is 12.5. The van der Waals surface area contributed by atoms with E-state index in [0.29, 0.717) is 30.0 Å². The molecule has 1 amide bonds. The Morgan fingerprint density at radius 2 is 2.12 bits per heavy atom. The van der Waals surface area contributed by atoms with Gasteiger partial charge in [0.2, 0.25) is 5.91 Å². The van der Waals surface area contributed by atoms with Gasteiger partial charge in [-0.15, -0.1) is 11.3 Å². The van der Waals surface area contributed by atoms with Gasteiger partial charge in [-0.2, -0.15) is 0 Å². The maximum Gasteiger partial charge on any atom is 0.263 e. The van der Waals surface area contributed by atoms with Crippen molar-refractivity contribution in [3.63, 3.8) is 0 Å². The number of thiazole rings is 1. The van der Waals surface area contributed by atoms with Gasteiger partial charge in [-0.3, -0.25) is 9.52 Å². The second-order valence-electron chi connectivity index (χ2n) is 5.46. The maximum absolute atomic E-state index is 12.5. The number of rotatable bonds is 8. The Hall–Kier alpha value is -1.64. The minimum atomic E-state index is -3.75. The first-order valence-corrected chi connectivity index (χ1v) is 10.6. The third-order valence-corrected chi connectivity index (χ3v) is 6.29. The van der Waals surface area contributed by atoms with Crippen LogP contribution in [0.2, 0.25) is 5.02 Å². The third-order valence-electron chi connectivity index (χ3n) is 3.46. The smallest absolute Gasteiger partial charge is 0.263 e. The molecule has 6 nitrogen and oxygen atoms in total. The van der Waals surface area contributed by atoms with Gasteiger partial charge in [-0.05, 0) is 31.0 Å². The van der Waals surface area contributed by atoms with Crippen molar-refractivity contribution in [1.29, 1.82) is 0 Å². The molecule has 0 bridgehead atoms. The van der Waals surface area contributed by atoms with Crippen molar-refractivity contribution < 1.29 is 13.2 Å². The number of anilines is 1. The standard InChI is InChI=1S/C16H20ClN3O3S2/c1-3-5-15(21)18-9-8-12-10-24-16(19-12)20-25(22,23)14-7-4-6-13(17)11(14)2/h4,6-7,10H,3,5,8-9H2,1-2H3,(H,18,21)(H,19,20). The molecule has 0 saturated heterocycles. The van der Waals surface area contributed by atoms with Gasteiger partial charge in [-0.1, -0.05) is 24.6 Å². The van der Waals surface area contributed by atoms with E-state index < -0.39 is 10.0 Å². The fourth-order valence-corrected chi connectivity index (χ4v) is 4.66. The number of carbonyl (C=O) groups excluding carboxylic acids is 1. The molecule has 2 aromatic rings. The van der Waals surface area contributed by atoms with Gasteiger partial charge in [0.1, 0.15) is 0 Å². The van der Waals surface area contributed by atoms with Crippen molar-refractivity contribution >= 4 is 44.0 Å². The van der Waals surface area contributed by atoms with Gasteiger partial charge < -0.3 is 5.32 Å². The van der Waals surface area contributed by atoms with Crippen molar-refractivity contribution in [2.75, 3.05) is 11.3 Å². The summed E-state index contributed by atoms with van der Waals surface area (Å²) in [5, 5.41) is 5.25. The second kappa shape index (κ2) is 8.64. The van der Waals surface area contributed by atoms with Crippen LogP contribution >= 0.6 is 22.9 Å². The SMILES string of the molecule is CCCC(=O)NCCc1csc(NS(=O)(=O)c2cccc(Cl)c2C)n1. The average molecular weight is 402 g/mol. The van der Waals surface area contributed by atoms with Crippen LogP contribution in [0.5, 0.6) is 0 Å². The molecule has 0 aliphatic heterocycles. The van der Waals surface area contributed by atoms with Crippen LogP contribution in [0.1, 0.15) is 31.0 Å². The molecule has 0 unspecified atom stereocenters. The Morgan fingerprint density at radius 1 is 1.36 bits per heavy atom. The van der Waals surface area contributed by atoms with Crippen molar-refractivity contribution in [2.45, 2.75) is 38.0 Å². The quantitative estimate of drug-likeness (QED) is 0.709. The molecule has 0 atom stereocenters. The van der Waals surface area contributed by atoms with E-state index in [1.165, 1.54) is 17.4 Å². The Labute approximate surface area is 156 Å². The van der Waals surface area contributed by atoms with Crippen LogP contribution in [0.25, 0.3) is 0 Å². The number of amides is 1. The monoisotopic (exact) mass is 401 g/mol. The van der Waals surface area contributed by atoms with Crippen LogP contribution in [-0.2, 0) is 21.2 Å². The highest BCUT2D eigenvalue weighted by atomic mass is 35.5. The molecule has 136 valence electrons. The zero-order valence-corrected chi connectivity index (χ0v) is 16.4. The molecule has 0 fully saturated rings. The normalized spacial score (nSPS) is 11.3. The number of nitrogens with zero attached hydrogens (tertiary/aromatic N) is 1. The average Bonchev–Trinajstić information content (AvgIpc) is 2.96. The molecule has 2 N–H and O–H groups in total. The lowest BCUT2D eigenvalue weighted by Crippen LogP contribution is -2.25. The summed E-state index contributed by atoms with van der Waals surface area (Å²) < 4.78 is 27.5. The zero-order valence-electron chi connectivity index (χ0n) is 14.0. The molecule has 2 rings (SSSR count).